The molecule has 1 aromatic heterocycles. The maximum Gasteiger partial charge on any atom is 0.242 e. The van der Waals surface area contributed by atoms with Crippen LogP contribution in [0.1, 0.15) is 16.5 Å². The first kappa shape index (κ1) is 13.9. The number of rotatable bonds is 4. The van der Waals surface area contributed by atoms with Gasteiger partial charge in [-0.25, -0.2) is 0 Å². The van der Waals surface area contributed by atoms with Gasteiger partial charge in [0.15, 0.2) is 11.5 Å². The van der Waals surface area contributed by atoms with E-state index in [9.17, 15) is 4.79 Å². The predicted molar refractivity (Wildman–Crippen MR) is 80.5 cm³/mol. The monoisotopic (exact) mass is 304 g/mol. The molecule has 0 bridgehead atoms. The zero-order chi connectivity index (χ0) is 14.7. The summed E-state index contributed by atoms with van der Waals surface area (Å²) < 4.78 is 11.0. The minimum Gasteiger partial charge on any atom is -0.486 e. The molecule has 1 aliphatic rings. The summed E-state index contributed by atoms with van der Waals surface area (Å²) in [6.45, 7) is 1.53. The normalized spacial score (nSPS) is 14.5. The van der Waals surface area contributed by atoms with Crippen LogP contribution in [0, 0.1) is 0 Å². The lowest BCUT2D eigenvalue weighted by Gasteiger charge is -2.19. The smallest absolute Gasteiger partial charge is 0.242 e. The fraction of sp³-hybridized carbons (Fsp3) is 0.267. The van der Waals surface area contributed by atoms with Gasteiger partial charge in [-0.3, -0.25) is 4.79 Å². The molecule has 1 aromatic carbocycles. The van der Waals surface area contributed by atoms with Crippen molar-refractivity contribution in [1.29, 1.82) is 0 Å². The van der Waals surface area contributed by atoms with E-state index in [2.05, 4.69) is 5.32 Å². The van der Waals surface area contributed by atoms with Gasteiger partial charge < -0.3 is 20.5 Å². The van der Waals surface area contributed by atoms with Crippen molar-refractivity contribution in [3.63, 3.8) is 0 Å². The number of thiophene rings is 1. The van der Waals surface area contributed by atoms with Gasteiger partial charge in [0, 0.05) is 11.4 Å². The third-order valence-corrected chi connectivity index (χ3v) is 4.16. The number of amides is 1. The average molecular weight is 304 g/mol. The molecule has 0 radical (unpaired) electrons. The molecule has 3 N–H and O–H groups in total. The van der Waals surface area contributed by atoms with Crippen LogP contribution in [0.3, 0.4) is 0 Å². The van der Waals surface area contributed by atoms with Crippen LogP contribution in [0.4, 0.5) is 0 Å². The molecule has 1 unspecified atom stereocenters. The summed E-state index contributed by atoms with van der Waals surface area (Å²) in [6, 6.07) is 8.76. The molecule has 1 atom stereocenters. The Labute approximate surface area is 126 Å². The first-order valence-electron chi connectivity index (χ1n) is 6.69. The van der Waals surface area contributed by atoms with Crippen molar-refractivity contribution in [3.05, 3.63) is 46.2 Å². The van der Waals surface area contributed by atoms with Crippen LogP contribution in [-0.2, 0) is 11.3 Å². The third kappa shape index (κ3) is 3.17. The minimum atomic E-state index is -0.623. The first-order chi connectivity index (χ1) is 10.2. The molecular formula is C15H16N2O3S. The standard InChI is InChI=1S/C15H16N2O3S/c16-14(13-2-1-7-21-13)15(18)17-9-10-3-4-11-12(8-10)20-6-5-19-11/h1-4,7-8,14H,5-6,9,16H2,(H,17,18). The van der Waals surface area contributed by atoms with Crippen LogP contribution in [0.25, 0.3) is 0 Å². The Kier molecular flexibility index (Phi) is 4.08. The topological polar surface area (TPSA) is 73.6 Å². The van der Waals surface area contributed by atoms with Crippen LogP contribution in [-0.4, -0.2) is 19.1 Å². The van der Waals surface area contributed by atoms with E-state index in [1.54, 1.807) is 0 Å². The van der Waals surface area contributed by atoms with Crippen molar-refractivity contribution in [2.75, 3.05) is 13.2 Å². The molecule has 110 valence electrons. The van der Waals surface area contributed by atoms with Crippen LogP contribution < -0.4 is 20.5 Å². The van der Waals surface area contributed by atoms with Crippen LogP contribution in [0.5, 0.6) is 11.5 Å². The van der Waals surface area contributed by atoms with E-state index in [0.717, 1.165) is 21.9 Å². The molecule has 2 aromatic rings. The Bertz CT molecular complexity index is 628. The van der Waals surface area contributed by atoms with Crippen molar-refractivity contribution >= 4 is 17.2 Å². The van der Waals surface area contributed by atoms with E-state index in [1.807, 2.05) is 35.7 Å². The highest BCUT2D eigenvalue weighted by Crippen LogP contribution is 2.30. The number of nitrogens with two attached hydrogens (primary N) is 1. The lowest BCUT2D eigenvalue weighted by atomic mass is 10.2. The van der Waals surface area contributed by atoms with Crippen LogP contribution in [0.2, 0.25) is 0 Å². The quantitative estimate of drug-likeness (QED) is 0.904. The summed E-state index contributed by atoms with van der Waals surface area (Å²) in [5, 5.41) is 4.75. The minimum absolute atomic E-state index is 0.188. The molecule has 0 saturated carbocycles. The van der Waals surface area contributed by atoms with Gasteiger partial charge in [-0.2, -0.15) is 0 Å². The molecule has 0 spiro atoms. The number of carbonyl (C=O) groups is 1. The fourth-order valence-electron chi connectivity index (χ4n) is 2.09. The van der Waals surface area contributed by atoms with Gasteiger partial charge in [-0.15, -0.1) is 11.3 Å². The van der Waals surface area contributed by atoms with Crippen molar-refractivity contribution < 1.29 is 14.3 Å². The molecule has 5 nitrogen and oxygen atoms in total. The predicted octanol–water partition coefficient (Wildman–Crippen LogP) is 1.84. The van der Waals surface area contributed by atoms with Crippen molar-refractivity contribution in [1.82, 2.24) is 5.32 Å². The molecule has 0 aliphatic carbocycles. The Morgan fingerprint density at radius 1 is 1.29 bits per heavy atom. The van der Waals surface area contributed by atoms with Crippen LogP contribution >= 0.6 is 11.3 Å². The number of nitrogens with one attached hydrogen (secondary N) is 1. The van der Waals surface area contributed by atoms with E-state index >= 15 is 0 Å². The first-order valence-corrected chi connectivity index (χ1v) is 7.57. The molecule has 1 aliphatic heterocycles. The van der Waals surface area contributed by atoms with Gasteiger partial charge in [-0.05, 0) is 29.1 Å². The molecule has 1 amide bonds. The van der Waals surface area contributed by atoms with E-state index in [0.29, 0.717) is 19.8 Å². The lowest BCUT2D eigenvalue weighted by molar-refractivity contribution is -0.122. The SMILES string of the molecule is NC(C(=O)NCc1ccc2c(c1)OCCO2)c1cccs1. The number of carbonyl (C=O) groups excluding carboxylic acids is 1. The molecule has 0 saturated heterocycles. The van der Waals surface area contributed by atoms with Crippen molar-refractivity contribution in [3.8, 4) is 11.5 Å². The highest BCUT2D eigenvalue weighted by Gasteiger charge is 2.17. The highest BCUT2D eigenvalue weighted by molar-refractivity contribution is 7.10. The Balaban J connectivity index is 1.61. The largest absolute Gasteiger partial charge is 0.486 e. The summed E-state index contributed by atoms with van der Waals surface area (Å²) in [4.78, 5) is 12.9. The van der Waals surface area contributed by atoms with E-state index < -0.39 is 6.04 Å². The number of fused-ring (bicyclic) bond motifs is 1. The third-order valence-electron chi connectivity index (χ3n) is 3.21. The second kappa shape index (κ2) is 6.15. The van der Waals surface area contributed by atoms with E-state index in [-0.39, 0.29) is 5.91 Å². The second-order valence-electron chi connectivity index (χ2n) is 4.69. The Morgan fingerprint density at radius 2 is 2.10 bits per heavy atom. The van der Waals surface area contributed by atoms with Gasteiger partial charge in [-0.1, -0.05) is 12.1 Å². The molecule has 2 heterocycles. The summed E-state index contributed by atoms with van der Waals surface area (Å²) in [5.74, 6) is 1.27. The van der Waals surface area contributed by atoms with Gasteiger partial charge in [0.2, 0.25) is 5.91 Å². The number of ether oxygens (including phenoxy) is 2. The summed E-state index contributed by atoms with van der Waals surface area (Å²) in [7, 11) is 0. The maximum atomic E-state index is 12.0. The van der Waals surface area contributed by atoms with E-state index in [1.165, 1.54) is 11.3 Å². The molecule has 0 fully saturated rings. The molecular weight excluding hydrogens is 288 g/mol. The van der Waals surface area contributed by atoms with Gasteiger partial charge in [0.25, 0.3) is 0 Å². The van der Waals surface area contributed by atoms with E-state index in [4.69, 9.17) is 15.2 Å². The van der Waals surface area contributed by atoms with Gasteiger partial charge in [0.1, 0.15) is 19.3 Å². The molecule has 21 heavy (non-hydrogen) atoms. The van der Waals surface area contributed by atoms with Crippen LogP contribution in [0.15, 0.2) is 35.7 Å². The maximum absolute atomic E-state index is 12.0. The zero-order valence-corrected chi connectivity index (χ0v) is 12.2. The number of hydrogen-bond donors (Lipinski definition) is 2. The Hall–Kier alpha value is -2.05. The number of benzene rings is 1. The fourth-order valence-corrected chi connectivity index (χ4v) is 2.82. The average Bonchev–Trinajstić information content (AvgIpc) is 3.06. The Morgan fingerprint density at radius 3 is 2.86 bits per heavy atom. The molecule has 6 heteroatoms. The van der Waals surface area contributed by atoms with Crippen molar-refractivity contribution in [2.24, 2.45) is 5.73 Å². The summed E-state index contributed by atoms with van der Waals surface area (Å²) >= 11 is 1.48. The number of hydrogen-bond acceptors (Lipinski definition) is 5. The summed E-state index contributed by atoms with van der Waals surface area (Å²) in [5.41, 5.74) is 6.86. The van der Waals surface area contributed by atoms with Gasteiger partial charge >= 0.3 is 0 Å². The summed E-state index contributed by atoms with van der Waals surface area (Å²) in [6.07, 6.45) is 0. The van der Waals surface area contributed by atoms with Gasteiger partial charge in [0.05, 0.1) is 0 Å². The molecule has 3 rings (SSSR count). The second-order valence-corrected chi connectivity index (χ2v) is 5.67. The zero-order valence-electron chi connectivity index (χ0n) is 11.4. The lowest BCUT2D eigenvalue weighted by Crippen LogP contribution is -2.33. The highest BCUT2D eigenvalue weighted by atomic mass is 32.1. The van der Waals surface area contributed by atoms with Crippen molar-refractivity contribution in [2.45, 2.75) is 12.6 Å².